The fraction of sp³-hybridized carbons (Fsp3) is 0.364. The molecule has 0 radical (unpaired) electrons. The molecular formula is C22H25BrO2. The maximum absolute atomic E-state index is 5.90. The van der Waals surface area contributed by atoms with Crippen molar-refractivity contribution < 1.29 is 9.15 Å². The zero-order valence-electron chi connectivity index (χ0n) is 14.5. The lowest BCUT2D eigenvalue weighted by molar-refractivity contribution is 0.304. The van der Waals surface area contributed by atoms with Gasteiger partial charge in [-0.25, -0.2) is 0 Å². The number of para-hydroxylation sites is 1. The summed E-state index contributed by atoms with van der Waals surface area (Å²) in [6.07, 6.45) is 7.63. The Kier molecular flexibility index (Phi) is 6.99. The summed E-state index contributed by atoms with van der Waals surface area (Å²) in [7, 11) is 0. The lowest BCUT2D eigenvalue weighted by atomic mass is 10.1. The van der Waals surface area contributed by atoms with Gasteiger partial charge in [0.05, 0.1) is 6.61 Å². The molecule has 0 aliphatic rings. The van der Waals surface area contributed by atoms with Gasteiger partial charge in [-0.1, -0.05) is 59.8 Å². The van der Waals surface area contributed by atoms with Crippen molar-refractivity contribution in [3.63, 3.8) is 0 Å². The van der Waals surface area contributed by atoms with E-state index in [1.54, 1.807) is 0 Å². The van der Waals surface area contributed by atoms with Crippen LogP contribution in [0.4, 0.5) is 0 Å². The lowest BCUT2D eigenvalue weighted by Crippen LogP contribution is -1.97. The summed E-state index contributed by atoms with van der Waals surface area (Å²) in [5.41, 5.74) is 2.00. The van der Waals surface area contributed by atoms with E-state index < -0.39 is 0 Å². The van der Waals surface area contributed by atoms with Crippen LogP contribution in [0.1, 0.15) is 38.5 Å². The predicted molar refractivity (Wildman–Crippen MR) is 109 cm³/mol. The van der Waals surface area contributed by atoms with Crippen LogP contribution >= 0.6 is 15.9 Å². The number of hydrogen-bond acceptors (Lipinski definition) is 2. The average molecular weight is 401 g/mol. The molecule has 2 nitrogen and oxygen atoms in total. The van der Waals surface area contributed by atoms with E-state index in [1.807, 2.05) is 30.3 Å². The second-order valence-corrected chi connectivity index (χ2v) is 7.12. The summed E-state index contributed by atoms with van der Waals surface area (Å²) in [5, 5.41) is 2.26. The highest BCUT2D eigenvalue weighted by Gasteiger charge is 2.05. The van der Waals surface area contributed by atoms with Crippen LogP contribution in [0.2, 0.25) is 0 Å². The van der Waals surface area contributed by atoms with Gasteiger partial charge in [-0.2, -0.15) is 0 Å². The highest BCUT2D eigenvalue weighted by atomic mass is 79.9. The van der Waals surface area contributed by atoms with Crippen molar-refractivity contribution >= 4 is 26.9 Å². The molecule has 0 amide bonds. The van der Waals surface area contributed by atoms with E-state index in [4.69, 9.17) is 9.15 Å². The molecule has 0 saturated heterocycles. The van der Waals surface area contributed by atoms with E-state index in [2.05, 4.69) is 40.2 Å². The molecule has 0 N–H and O–H groups in total. The zero-order valence-corrected chi connectivity index (χ0v) is 16.1. The average Bonchev–Trinajstić information content (AvgIpc) is 3.08. The third kappa shape index (κ3) is 5.37. The molecule has 0 bridgehead atoms. The van der Waals surface area contributed by atoms with Crippen molar-refractivity contribution in [3.8, 4) is 17.1 Å². The minimum Gasteiger partial charge on any atom is -0.494 e. The summed E-state index contributed by atoms with van der Waals surface area (Å²) < 4.78 is 11.7. The maximum Gasteiger partial charge on any atom is 0.135 e. The zero-order chi connectivity index (χ0) is 17.3. The van der Waals surface area contributed by atoms with Gasteiger partial charge in [-0.05, 0) is 49.2 Å². The van der Waals surface area contributed by atoms with Crippen molar-refractivity contribution in [1.29, 1.82) is 0 Å². The SMILES string of the molecule is BrCCCCCCCCOc1ccc(-c2cc3ccccc3o2)cc1. The van der Waals surface area contributed by atoms with Gasteiger partial charge in [-0.15, -0.1) is 0 Å². The van der Waals surface area contributed by atoms with Crippen LogP contribution in [0.5, 0.6) is 5.75 Å². The summed E-state index contributed by atoms with van der Waals surface area (Å²) in [5.74, 6) is 1.83. The van der Waals surface area contributed by atoms with Crippen LogP contribution in [0.3, 0.4) is 0 Å². The number of ether oxygens (including phenoxy) is 1. The minimum absolute atomic E-state index is 0.794. The van der Waals surface area contributed by atoms with E-state index in [-0.39, 0.29) is 0 Å². The van der Waals surface area contributed by atoms with Crippen LogP contribution in [-0.4, -0.2) is 11.9 Å². The van der Waals surface area contributed by atoms with Gasteiger partial charge >= 0.3 is 0 Å². The first-order valence-electron chi connectivity index (χ1n) is 9.14. The summed E-state index contributed by atoms with van der Waals surface area (Å²) in [4.78, 5) is 0. The molecule has 25 heavy (non-hydrogen) atoms. The van der Waals surface area contributed by atoms with Crippen LogP contribution in [-0.2, 0) is 0 Å². The largest absolute Gasteiger partial charge is 0.494 e. The third-order valence-corrected chi connectivity index (χ3v) is 4.92. The van der Waals surface area contributed by atoms with Crippen molar-refractivity contribution in [2.45, 2.75) is 38.5 Å². The lowest BCUT2D eigenvalue weighted by Gasteiger charge is -2.06. The Balaban J connectivity index is 1.44. The van der Waals surface area contributed by atoms with Gasteiger partial charge in [-0.3, -0.25) is 0 Å². The van der Waals surface area contributed by atoms with E-state index in [9.17, 15) is 0 Å². The van der Waals surface area contributed by atoms with E-state index in [0.717, 1.165) is 46.4 Å². The Morgan fingerprint density at radius 3 is 2.28 bits per heavy atom. The standard InChI is InChI=1S/C22H25BrO2/c23-15-7-3-1-2-4-8-16-24-20-13-11-18(12-14-20)22-17-19-9-5-6-10-21(19)25-22/h5-6,9-14,17H,1-4,7-8,15-16H2. The first-order valence-corrected chi connectivity index (χ1v) is 10.3. The van der Waals surface area contributed by atoms with Crippen molar-refractivity contribution in [2.75, 3.05) is 11.9 Å². The molecule has 132 valence electrons. The molecule has 3 heteroatoms. The minimum atomic E-state index is 0.794. The molecule has 1 aromatic heterocycles. The highest BCUT2D eigenvalue weighted by molar-refractivity contribution is 9.09. The molecule has 1 heterocycles. The number of benzene rings is 2. The van der Waals surface area contributed by atoms with E-state index >= 15 is 0 Å². The Hall–Kier alpha value is -1.74. The maximum atomic E-state index is 5.90. The van der Waals surface area contributed by atoms with Gasteiger partial charge in [0.15, 0.2) is 0 Å². The molecule has 0 aliphatic heterocycles. The first-order chi connectivity index (χ1) is 12.4. The summed E-state index contributed by atoms with van der Waals surface area (Å²) >= 11 is 3.47. The first kappa shape index (κ1) is 18.1. The molecule has 0 spiro atoms. The van der Waals surface area contributed by atoms with Crippen LogP contribution in [0.15, 0.2) is 59.0 Å². The third-order valence-electron chi connectivity index (χ3n) is 4.36. The molecule has 0 fully saturated rings. The van der Waals surface area contributed by atoms with Crippen molar-refractivity contribution in [1.82, 2.24) is 0 Å². The second-order valence-electron chi connectivity index (χ2n) is 6.33. The van der Waals surface area contributed by atoms with Crippen molar-refractivity contribution in [2.24, 2.45) is 0 Å². The van der Waals surface area contributed by atoms with Gasteiger partial charge in [0.2, 0.25) is 0 Å². The number of furan rings is 1. The van der Waals surface area contributed by atoms with Gasteiger partial charge in [0.25, 0.3) is 0 Å². The van der Waals surface area contributed by atoms with Crippen LogP contribution in [0, 0.1) is 0 Å². The molecule has 3 aromatic rings. The summed E-state index contributed by atoms with van der Waals surface area (Å²) in [6, 6.07) is 18.4. The number of halogens is 1. The molecule has 0 aliphatic carbocycles. The Labute approximate surface area is 158 Å². The monoisotopic (exact) mass is 400 g/mol. The molecule has 0 saturated carbocycles. The predicted octanol–water partition coefficient (Wildman–Crippen LogP) is 7.21. The normalized spacial score (nSPS) is 11.1. The highest BCUT2D eigenvalue weighted by Crippen LogP contribution is 2.28. The topological polar surface area (TPSA) is 22.4 Å². The van der Waals surface area contributed by atoms with Gasteiger partial charge < -0.3 is 9.15 Å². The Morgan fingerprint density at radius 1 is 0.800 bits per heavy atom. The number of fused-ring (bicyclic) bond motifs is 1. The van der Waals surface area contributed by atoms with E-state index in [0.29, 0.717) is 0 Å². The second kappa shape index (κ2) is 9.67. The van der Waals surface area contributed by atoms with Gasteiger partial charge in [0, 0.05) is 16.3 Å². The number of hydrogen-bond donors (Lipinski definition) is 0. The molecule has 3 rings (SSSR count). The quantitative estimate of drug-likeness (QED) is 0.264. The van der Waals surface area contributed by atoms with E-state index in [1.165, 1.54) is 32.1 Å². The molecule has 2 aromatic carbocycles. The molecule has 0 atom stereocenters. The number of unbranched alkanes of at least 4 members (excludes halogenated alkanes) is 5. The Bertz CT molecular complexity index is 728. The number of alkyl halides is 1. The van der Waals surface area contributed by atoms with Crippen LogP contribution in [0.25, 0.3) is 22.3 Å². The Morgan fingerprint density at radius 2 is 1.52 bits per heavy atom. The summed E-state index contributed by atoms with van der Waals surface area (Å²) in [6.45, 7) is 0.794. The smallest absolute Gasteiger partial charge is 0.135 e. The molecular weight excluding hydrogens is 376 g/mol. The number of rotatable bonds is 10. The fourth-order valence-electron chi connectivity index (χ4n) is 2.93. The van der Waals surface area contributed by atoms with Gasteiger partial charge in [0.1, 0.15) is 17.1 Å². The molecule has 0 unspecified atom stereocenters. The van der Waals surface area contributed by atoms with Crippen molar-refractivity contribution in [3.05, 3.63) is 54.6 Å². The van der Waals surface area contributed by atoms with Crippen LogP contribution < -0.4 is 4.74 Å². The fourth-order valence-corrected chi connectivity index (χ4v) is 3.33.